The second-order valence-electron chi connectivity index (χ2n) is 2.47. The average molecular weight is 312 g/mol. The standard InChI is InChI=1S/C8H3Cl6/c9-7(10,11)5-2-1-3-6(4-5)8(12,13)14/h1-3H. The van der Waals surface area contributed by atoms with Gasteiger partial charge in [0.2, 0.25) is 7.59 Å². The summed E-state index contributed by atoms with van der Waals surface area (Å²) < 4.78 is -3.13. The van der Waals surface area contributed by atoms with E-state index in [2.05, 4.69) is 6.07 Å². The maximum atomic E-state index is 5.65. The highest BCUT2D eigenvalue weighted by atomic mass is 35.6. The van der Waals surface area contributed by atoms with E-state index in [0.717, 1.165) is 0 Å². The highest BCUT2D eigenvalue weighted by Crippen LogP contribution is 2.42. The van der Waals surface area contributed by atoms with Gasteiger partial charge in [0.15, 0.2) is 0 Å². The summed E-state index contributed by atoms with van der Waals surface area (Å²) in [7, 11) is 0. The normalized spacial score (nSPS) is 13.0. The Morgan fingerprint density at radius 2 is 1.14 bits per heavy atom. The van der Waals surface area contributed by atoms with Crippen LogP contribution in [0, 0.1) is 6.07 Å². The molecule has 14 heavy (non-hydrogen) atoms. The van der Waals surface area contributed by atoms with E-state index >= 15 is 0 Å². The molecule has 0 aliphatic heterocycles. The van der Waals surface area contributed by atoms with Gasteiger partial charge in [-0.05, 0) is 6.07 Å². The lowest BCUT2D eigenvalue weighted by molar-refractivity contribution is 1.16. The molecule has 1 rings (SSSR count). The zero-order valence-corrected chi connectivity index (χ0v) is 11.0. The monoisotopic (exact) mass is 309 g/mol. The Balaban J connectivity index is 3.15. The van der Waals surface area contributed by atoms with Crippen molar-refractivity contribution in [2.24, 2.45) is 0 Å². The average Bonchev–Trinajstić information content (AvgIpc) is 2.01. The summed E-state index contributed by atoms with van der Waals surface area (Å²) in [5, 5.41) is 0. The fourth-order valence-electron chi connectivity index (χ4n) is 0.800. The van der Waals surface area contributed by atoms with Gasteiger partial charge in [-0.2, -0.15) is 0 Å². The first kappa shape index (κ1) is 13.0. The molecule has 1 aromatic rings. The first-order valence-electron chi connectivity index (χ1n) is 3.38. The van der Waals surface area contributed by atoms with Crippen LogP contribution in [0.3, 0.4) is 0 Å². The molecule has 0 saturated heterocycles. The molecule has 0 bridgehead atoms. The van der Waals surface area contributed by atoms with Crippen LogP contribution in [0.2, 0.25) is 0 Å². The summed E-state index contributed by atoms with van der Waals surface area (Å²) in [6.45, 7) is 0. The van der Waals surface area contributed by atoms with Crippen LogP contribution in [0.25, 0.3) is 0 Å². The fourth-order valence-corrected chi connectivity index (χ4v) is 1.46. The van der Waals surface area contributed by atoms with Gasteiger partial charge in [0, 0.05) is 11.1 Å². The predicted octanol–water partition coefficient (Wildman–Crippen LogP) is 5.14. The molecule has 0 saturated carbocycles. The number of halogens is 6. The minimum atomic E-state index is -1.56. The lowest BCUT2D eigenvalue weighted by atomic mass is 10.1. The molecule has 0 amide bonds. The first-order chi connectivity index (χ1) is 6.21. The van der Waals surface area contributed by atoms with Gasteiger partial charge in [0.05, 0.1) is 0 Å². The molecule has 0 atom stereocenters. The van der Waals surface area contributed by atoms with Crippen molar-refractivity contribution in [2.45, 2.75) is 7.59 Å². The Kier molecular flexibility index (Phi) is 4.14. The summed E-state index contributed by atoms with van der Waals surface area (Å²) >= 11 is 33.9. The number of rotatable bonds is 0. The molecule has 0 unspecified atom stereocenters. The zero-order valence-electron chi connectivity index (χ0n) is 6.50. The summed E-state index contributed by atoms with van der Waals surface area (Å²) in [5.74, 6) is 0. The van der Waals surface area contributed by atoms with Crippen molar-refractivity contribution in [1.29, 1.82) is 0 Å². The highest BCUT2D eigenvalue weighted by molar-refractivity contribution is 6.67. The van der Waals surface area contributed by atoms with E-state index < -0.39 is 7.59 Å². The van der Waals surface area contributed by atoms with Gasteiger partial charge in [-0.15, -0.1) is 0 Å². The van der Waals surface area contributed by atoms with E-state index in [1.165, 1.54) is 0 Å². The minimum Gasteiger partial charge on any atom is -0.0784 e. The molecule has 1 aromatic carbocycles. The van der Waals surface area contributed by atoms with Gasteiger partial charge < -0.3 is 0 Å². The molecule has 6 heteroatoms. The van der Waals surface area contributed by atoms with Gasteiger partial charge >= 0.3 is 0 Å². The van der Waals surface area contributed by atoms with Crippen LogP contribution >= 0.6 is 69.6 Å². The molecule has 0 N–H and O–H groups in total. The predicted molar refractivity (Wildman–Crippen MR) is 63.8 cm³/mol. The third-order valence-corrected chi connectivity index (χ3v) is 2.63. The Morgan fingerprint density at radius 3 is 1.43 bits per heavy atom. The topological polar surface area (TPSA) is 0 Å². The van der Waals surface area contributed by atoms with Crippen molar-refractivity contribution in [3.8, 4) is 0 Å². The number of alkyl halides is 6. The fraction of sp³-hybridized carbons (Fsp3) is 0.250. The van der Waals surface area contributed by atoms with E-state index in [-0.39, 0.29) is 0 Å². The molecular weight excluding hydrogens is 309 g/mol. The van der Waals surface area contributed by atoms with Crippen molar-refractivity contribution in [3.63, 3.8) is 0 Å². The summed E-state index contributed by atoms with van der Waals surface area (Å²) in [6.07, 6.45) is 0. The Bertz CT molecular complexity index is 292. The quantitative estimate of drug-likeness (QED) is 0.582. The highest BCUT2D eigenvalue weighted by Gasteiger charge is 2.28. The Labute approximate surface area is 112 Å². The number of benzene rings is 1. The maximum absolute atomic E-state index is 5.65. The lowest BCUT2D eigenvalue weighted by Crippen LogP contribution is -2.05. The van der Waals surface area contributed by atoms with Crippen LogP contribution < -0.4 is 0 Å². The Morgan fingerprint density at radius 1 is 0.786 bits per heavy atom. The third-order valence-electron chi connectivity index (χ3n) is 1.41. The summed E-state index contributed by atoms with van der Waals surface area (Å²) in [5.41, 5.74) is 0.678. The van der Waals surface area contributed by atoms with Crippen LogP contribution in [0.1, 0.15) is 11.1 Å². The van der Waals surface area contributed by atoms with Gasteiger partial charge in [0.1, 0.15) is 0 Å². The van der Waals surface area contributed by atoms with Crippen LogP contribution in [-0.4, -0.2) is 0 Å². The summed E-state index contributed by atoms with van der Waals surface area (Å²) in [6, 6.07) is 7.54. The van der Waals surface area contributed by atoms with Crippen molar-refractivity contribution in [3.05, 3.63) is 35.4 Å². The van der Waals surface area contributed by atoms with Gasteiger partial charge in [-0.3, -0.25) is 0 Å². The van der Waals surface area contributed by atoms with E-state index in [1.807, 2.05) is 0 Å². The van der Waals surface area contributed by atoms with Crippen molar-refractivity contribution >= 4 is 69.6 Å². The van der Waals surface area contributed by atoms with E-state index in [4.69, 9.17) is 69.6 Å². The minimum absolute atomic E-state index is 0.339. The second kappa shape index (κ2) is 4.45. The third kappa shape index (κ3) is 3.52. The van der Waals surface area contributed by atoms with Crippen LogP contribution in [0.4, 0.5) is 0 Å². The second-order valence-corrected chi connectivity index (χ2v) is 7.04. The SMILES string of the molecule is ClC(Cl)(Cl)c1[c]c(C(Cl)(Cl)Cl)ccc1. The summed E-state index contributed by atoms with van der Waals surface area (Å²) in [4.78, 5) is 0. The smallest absolute Gasteiger partial charge is 0.0784 e. The molecule has 0 fully saturated rings. The van der Waals surface area contributed by atoms with Gasteiger partial charge in [0.25, 0.3) is 0 Å². The number of hydrogen-bond acceptors (Lipinski definition) is 0. The molecule has 0 nitrogen and oxygen atoms in total. The van der Waals surface area contributed by atoms with Crippen molar-refractivity contribution in [2.75, 3.05) is 0 Å². The van der Waals surface area contributed by atoms with E-state index in [0.29, 0.717) is 11.1 Å². The molecular formula is C8H3Cl6. The van der Waals surface area contributed by atoms with E-state index in [1.54, 1.807) is 18.2 Å². The molecule has 77 valence electrons. The van der Waals surface area contributed by atoms with Crippen LogP contribution in [0.5, 0.6) is 0 Å². The van der Waals surface area contributed by atoms with Gasteiger partial charge in [-0.1, -0.05) is 87.8 Å². The molecule has 0 aromatic heterocycles. The lowest BCUT2D eigenvalue weighted by Gasteiger charge is -2.15. The first-order valence-corrected chi connectivity index (χ1v) is 5.65. The zero-order chi connectivity index (χ0) is 11.0. The maximum Gasteiger partial charge on any atom is 0.216 e. The largest absolute Gasteiger partial charge is 0.216 e. The molecule has 0 aliphatic rings. The molecule has 1 radical (unpaired) electrons. The molecule has 0 spiro atoms. The van der Waals surface area contributed by atoms with Gasteiger partial charge in [-0.25, -0.2) is 0 Å². The Hall–Kier alpha value is 0.960. The van der Waals surface area contributed by atoms with Crippen molar-refractivity contribution in [1.82, 2.24) is 0 Å². The van der Waals surface area contributed by atoms with Crippen LogP contribution in [0.15, 0.2) is 18.2 Å². The number of hydrogen-bond donors (Lipinski definition) is 0. The van der Waals surface area contributed by atoms with E-state index in [9.17, 15) is 0 Å². The molecule has 0 aliphatic carbocycles. The molecule has 0 heterocycles. The van der Waals surface area contributed by atoms with Crippen molar-refractivity contribution < 1.29 is 0 Å². The van der Waals surface area contributed by atoms with Crippen LogP contribution in [-0.2, 0) is 7.59 Å².